The molecule has 0 atom stereocenters. The van der Waals surface area contributed by atoms with Gasteiger partial charge in [-0.1, -0.05) is 30.3 Å². The highest BCUT2D eigenvalue weighted by Crippen LogP contribution is 2.12. The van der Waals surface area contributed by atoms with E-state index in [1.165, 1.54) is 17.7 Å². The molecule has 5 nitrogen and oxygen atoms in total. The number of carbonyl (C=O) groups is 1. The van der Waals surface area contributed by atoms with E-state index in [2.05, 4.69) is 10.3 Å². The molecule has 0 aliphatic rings. The number of aromatic nitrogens is 2. The topological polar surface area (TPSA) is 56.1 Å². The lowest BCUT2D eigenvalue weighted by molar-refractivity contribution is -0.121. The van der Waals surface area contributed by atoms with Gasteiger partial charge in [0.15, 0.2) is 0 Å². The van der Waals surface area contributed by atoms with Crippen LogP contribution in [0.2, 0.25) is 0 Å². The van der Waals surface area contributed by atoms with E-state index < -0.39 is 0 Å². The second kappa shape index (κ2) is 8.80. The first-order valence-electron chi connectivity index (χ1n) is 8.38. The van der Waals surface area contributed by atoms with Crippen LogP contribution in [0.25, 0.3) is 0 Å². The lowest BCUT2D eigenvalue weighted by atomic mass is 10.1. The van der Waals surface area contributed by atoms with Gasteiger partial charge in [-0.3, -0.25) is 4.79 Å². The lowest BCUT2D eigenvalue weighted by Gasteiger charge is -2.08. The molecular formula is C20H20FN3O2. The molecule has 0 aliphatic heterocycles. The third kappa shape index (κ3) is 5.44. The van der Waals surface area contributed by atoms with Gasteiger partial charge in [0.25, 0.3) is 0 Å². The summed E-state index contributed by atoms with van der Waals surface area (Å²) in [5.74, 6) is -0.0430. The van der Waals surface area contributed by atoms with Gasteiger partial charge in [0.1, 0.15) is 11.6 Å². The van der Waals surface area contributed by atoms with Crippen molar-refractivity contribution in [2.24, 2.45) is 0 Å². The summed E-state index contributed by atoms with van der Waals surface area (Å²) in [6.45, 7) is 1.44. The van der Waals surface area contributed by atoms with Gasteiger partial charge in [0.05, 0.1) is 19.4 Å². The smallest absolute Gasteiger partial charge is 0.223 e. The molecule has 0 bridgehead atoms. The highest BCUT2D eigenvalue weighted by atomic mass is 19.1. The third-order valence-corrected chi connectivity index (χ3v) is 3.83. The van der Waals surface area contributed by atoms with Crippen LogP contribution in [-0.4, -0.2) is 22.1 Å². The van der Waals surface area contributed by atoms with Crippen LogP contribution < -0.4 is 10.1 Å². The number of ether oxygens (including phenoxy) is 1. The van der Waals surface area contributed by atoms with Crippen LogP contribution in [0, 0.1) is 5.82 Å². The number of nitrogens with one attached hydrogen (secondary N) is 1. The Labute approximate surface area is 151 Å². The summed E-state index contributed by atoms with van der Waals surface area (Å²) in [6.07, 6.45) is 5.66. The number of halogens is 1. The van der Waals surface area contributed by atoms with E-state index in [1.54, 1.807) is 24.7 Å². The zero-order valence-electron chi connectivity index (χ0n) is 14.3. The van der Waals surface area contributed by atoms with Crippen molar-refractivity contribution in [2.45, 2.75) is 19.5 Å². The molecule has 0 aliphatic carbocycles. The standard InChI is InChI=1S/C20H20FN3O2/c21-18-2-1-3-19(12-18)26-11-8-20(25)23-13-16-4-6-17(7-5-16)14-24-10-9-22-15-24/h1-7,9-10,12,15H,8,11,13-14H2,(H,23,25). The van der Waals surface area contributed by atoms with Crippen LogP contribution in [-0.2, 0) is 17.9 Å². The van der Waals surface area contributed by atoms with E-state index in [-0.39, 0.29) is 24.8 Å². The average Bonchev–Trinajstić information content (AvgIpc) is 3.14. The summed E-state index contributed by atoms with van der Waals surface area (Å²) < 4.78 is 20.4. The van der Waals surface area contributed by atoms with Gasteiger partial charge in [-0.25, -0.2) is 9.37 Å². The van der Waals surface area contributed by atoms with Crippen LogP contribution >= 0.6 is 0 Å². The second-order valence-electron chi connectivity index (χ2n) is 5.88. The second-order valence-corrected chi connectivity index (χ2v) is 5.88. The van der Waals surface area contributed by atoms with Crippen LogP contribution in [0.4, 0.5) is 4.39 Å². The van der Waals surface area contributed by atoms with Gasteiger partial charge in [-0.05, 0) is 23.3 Å². The first-order chi connectivity index (χ1) is 12.7. The van der Waals surface area contributed by atoms with Gasteiger partial charge in [0, 0.05) is 31.5 Å². The molecule has 0 unspecified atom stereocenters. The molecule has 1 amide bonds. The number of hydrogen-bond acceptors (Lipinski definition) is 3. The van der Waals surface area contributed by atoms with E-state index >= 15 is 0 Å². The number of rotatable bonds is 8. The molecule has 2 aromatic carbocycles. The summed E-state index contributed by atoms with van der Waals surface area (Å²) in [6, 6.07) is 13.9. The largest absolute Gasteiger partial charge is 0.493 e. The van der Waals surface area contributed by atoms with E-state index in [1.807, 2.05) is 35.0 Å². The Bertz CT molecular complexity index is 833. The van der Waals surface area contributed by atoms with Gasteiger partial charge < -0.3 is 14.6 Å². The molecule has 3 aromatic rings. The summed E-state index contributed by atoms with van der Waals surface area (Å²) >= 11 is 0. The summed E-state index contributed by atoms with van der Waals surface area (Å²) in [5.41, 5.74) is 2.19. The lowest BCUT2D eigenvalue weighted by Crippen LogP contribution is -2.24. The highest BCUT2D eigenvalue weighted by Gasteiger charge is 2.03. The molecular weight excluding hydrogens is 333 g/mol. The Morgan fingerprint density at radius 3 is 2.69 bits per heavy atom. The number of benzene rings is 2. The van der Waals surface area contributed by atoms with Gasteiger partial charge in [-0.2, -0.15) is 0 Å². The number of hydrogen-bond donors (Lipinski definition) is 1. The molecule has 0 fully saturated rings. The SMILES string of the molecule is O=C(CCOc1cccc(F)c1)NCc1ccc(Cn2ccnc2)cc1. The number of amides is 1. The van der Waals surface area contributed by atoms with Crippen molar-refractivity contribution in [3.05, 3.63) is 84.2 Å². The van der Waals surface area contributed by atoms with Crippen LogP contribution in [0.15, 0.2) is 67.3 Å². The van der Waals surface area contributed by atoms with Crippen molar-refractivity contribution in [3.8, 4) is 5.75 Å². The Morgan fingerprint density at radius 2 is 1.96 bits per heavy atom. The number of carbonyl (C=O) groups excluding carboxylic acids is 1. The van der Waals surface area contributed by atoms with E-state index in [9.17, 15) is 9.18 Å². The fraction of sp³-hybridized carbons (Fsp3) is 0.200. The Kier molecular flexibility index (Phi) is 5.98. The minimum absolute atomic E-state index is 0.108. The van der Waals surface area contributed by atoms with E-state index in [4.69, 9.17) is 4.74 Å². The van der Waals surface area contributed by atoms with E-state index in [0.717, 1.165) is 12.1 Å². The zero-order chi connectivity index (χ0) is 18.2. The first-order valence-corrected chi connectivity index (χ1v) is 8.38. The zero-order valence-corrected chi connectivity index (χ0v) is 14.3. The fourth-order valence-electron chi connectivity index (χ4n) is 2.46. The number of imidazole rings is 1. The minimum atomic E-state index is -0.358. The van der Waals surface area contributed by atoms with Crippen molar-refractivity contribution >= 4 is 5.91 Å². The molecule has 6 heteroatoms. The molecule has 0 spiro atoms. The predicted molar refractivity (Wildman–Crippen MR) is 96.1 cm³/mol. The maximum atomic E-state index is 13.0. The third-order valence-electron chi connectivity index (χ3n) is 3.83. The van der Waals surface area contributed by atoms with Crippen LogP contribution in [0.1, 0.15) is 17.5 Å². The fourth-order valence-corrected chi connectivity index (χ4v) is 2.46. The Morgan fingerprint density at radius 1 is 1.15 bits per heavy atom. The van der Waals surface area contributed by atoms with Crippen LogP contribution in [0.5, 0.6) is 5.75 Å². The molecule has 1 aromatic heterocycles. The van der Waals surface area contributed by atoms with Crippen molar-refractivity contribution < 1.29 is 13.9 Å². The monoisotopic (exact) mass is 353 g/mol. The Hall–Kier alpha value is -3.15. The maximum Gasteiger partial charge on any atom is 0.223 e. The predicted octanol–water partition coefficient (Wildman–Crippen LogP) is 3.16. The number of nitrogens with zero attached hydrogens (tertiary/aromatic N) is 2. The van der Waals surface area contributed by atoms with Crippen molar-refractivity contribution in [1.82, 2.24) is 14.9 Å². The van der Waals surface area contributed by atoms with Gasteiger partial charge in [0.2, 0.25) is 5.91 Å². The molecule has 134 valence electrons. The Balaban J connectivity index is 1.38. The summed E-state index contributed by atoms with van der Waals surface area (Å²) in [7, 11) is 0. The highest BCUT2D eigenvalue weighted by molar-refractivity contribution is 5.76. The quantitative estimate of drug-likeness (QED) is 0.677. The molecule has 1 heterocycles. The summed E-state index contributed by atoms with van der Waals surface area (Å²) in [4.78, 5) is 15.9. The minimum Gasteiger partial charge on any atom is -0.493 e. The molecule has 0 radical (unpaired) electrons. The summed E-state index contributed by atoms with van der Waals surface area (Å²) in [5, 5.41) is 2.85. The van der Waals surface area contributed by atoms with Gasteiger partial charge in [-0.15, -0.1) is 0 Å². The van der Waals surface area contributed by atoms with Crippen molar-refractivity contribution in [1.29, 1.82) is 0 Å². The first kappa shape index (κ1) is 17.7. The van der Waals surface area contributed by atoms with Crippen molar-refractivity contribution in [3.63, 3.8) is 0 Å². The van der Waals surface area contributed by atoms with Gasteiger partial charge >= 0.3 is 0 Å². The molecule has 3 rings (SSSR count). The molecule has 1 N–H and O–H groups in total. The molecule has 0 saturated heterocycles. The van der Waals surface area contributed by atoms with Crippen LogP contribution in [0.3, 0.4) is 0 Å². The molecule has 26 heavy (non-hydrogen) atoms. The van der Waals surface area contributed by atoms with E-state index in [0.29, 0.717) is 12.3 Å². The average molecular weight is 353 g/mol. The van der Waals surface area contributed by atoms with Crippen molar-refractivity contribution in [2.75, 3.05) is 6.61 Å². The normalized spacial score (nSPS) is 10.5. The molecule has 0 saturated carbocycles. The maximum absolute atomic E-state index is 13.0.